The van der Waals surface area contributed by atoms with Gasteiger partial charge in [0.05, 0.1) is 53.6 Å². The average Bonchev–Trinajstić information content (AvgIpc) is 3.26. The summed E-state index contributed by atoms with van der Waals surface area (Å²) in [4.78, 5) is 31.7. The van der Waals surface area contributed by atoms with Gasteiger partial charge in [0.1, 0.15) is 5.82 Å². The van der Waals surface area contributed by atoms with E-state index in [1.807, 2.05) is 0 Å². The molecule has 0 bridgehead atoms. The lowest BCUT2D eigenvalue weighted by atomic mass is 10.2. The number of carboxylic acid groups (broad SMARTS) is 1. The first-order chi connectivity index (χ1) is 16.2. The third-order valence-corrected chi connectivity index (χ3v) is 6.53. The van der Waals surface area contributed by atoms with Gasteiger partial charge in [-0.1, -0.05) is 6.07 Å². The first-order valence-corrected chi connectivity index (χ1v) is 11.7. The van der Waals surface area contributed by atoms with Crippen LogP contribution in [0.2, 0.25) is 0 Å². The van der Waals surface area contributed by atoms with E-state index < -0.39 is 33.9 Å². The number of sulfone groups is 1. The van der Waals surface area contributed by atoms with Crippen LogP contribution >= 0.6 is 0 Å². The molecular formula is C22H18FN5O5S. The van der Waals surface area contributed by atoms with Crippen LogP contribution in [0.25, 0.3) is 16.6 Å². The molecule has 4 aromatic rings. The summed E-state index contributed by atoms with van der Waals surface area (Å²) < 4.78 is 39.3. The van der Waals surface area contributed by atoms with Crippen molar-refractivity contribution in [2.75, 3.05) is 5.75 Å². The number of fused-ring (bicyclic) bond motifs is 1. The maximum absolute atomic E-state index is 13.2. The van der Waals surface area contributed by atoms with Crippen molar-refractivity contribution in [3.63, 3.8) is 0 Å². The molecule has 0 saturated heterocycles. The molecule has 3 aromatic heterocycles. The summed E-state index contributed by atoms with van der Waals surface area (Å²) >= 11 is 0. The Morgan fingerprint density at radius 2 is 1.82 bits per heavy atom. The van der Waals surface area contributed by atoms with Crippen molar-refractivity contribution in [2.45, 2.75) is 18.0 Å². The smallest absolute Gasteiger partial charge is 0.304 e. The van der Waals surface area contributed by atoms with Gasteiger partial charge in [-0.15, -0.1) is 0 Å². The predicted molar refractivity (Wildman–Crippen MR) is 119 cm³/mol. The summed E-state index contributed by atoms with van der Waals surface area (Å²) in [5.41, 5.74) is 1.67. The highest BCUT2D eigenvalue weighted by Crippen LogP contribution is 2.21. The average molecular weight is 483 g/mol. The van der Waals surface area contributed by atoms with Gasteiger partial charge in [0.25, 0.3) is 5.91 Å². The van der Waals surface area contributed by atoms with Crippen LogP contribution in [0.1, 0.15) is 22.5 Å². The lowest BCUT2D eigenvalue weighted by molar-refractivity contribution is -0.136. The van der Waals surface area contributed by atoms with Gasteiger partial charge in [0.2, 0.25) is 0 Å². The highest BCUT2D eigenvalue weighted by atomic mass is 32.2. The lowest BCUT2D eigenvalue weighted by Gasteiger charge is -2.08. The lowest BCUT2D eigenvalue weighted by Crippen LogP contribution is -2.24. The summed E-state index contributed by atoms with van der Waals surface area (Å²) in [7, 11) is -3.87. The maximum atomic E-state index is 13.2. The second-order valence-corrected chi connectivity index (χ2v) is 9.32. The molecule has 0 atom stereocenters. The number of amides is 1. The molecule has 0 spiro atoms. The molecule has 174 valence electrons. The van der Waals surface area contributed by atoms with E-state index in [1.54, 1.807) is 18.2 Å². The van der Waals surface area contributed by atoms with E-state index in [4.69, 9.17) is 5.11 Å². The SMILES string of the molecule is O=C(O)CCS(=O)(=O)c1cccc(CNC(=O)c2cncc3c2cnn3-c2ccc(F)cc2)n1. The second kappa shape index (κ2) is 9.35. The fraction of sp³-hybridized carbons (Fsp3) is 0.136. The van der Waals surface area contributed by atoms with Gasteiger partial charge in [-0.05, 0) is 36.4 Å². The van der Waals surface area contributed by atoms with Crippen LogP contribution in [0.15, 0.2) is 66.1 Å². The van der Waals surface area contributed by atoms with Crippen LogP contribution in [0, 0.1) is 5.82 Å². The third kappa shape index (κ3) is 4.91. The fourth-order valence-corrected chi connectivity index (χ4v) is 4.43. The summed E-state index contributed by atoms with van der Waals surface area (Å²) in [6.07, 6.45) is 3.89. The van der Waals surface area contributed by atoms with Crippen LogP contribution in [-0.2, 0) is 21.2 Å². The van der Waals surface area contributed by atoms with Crippen molar-refractivity contribution in [2.24, 2.45) is 0 Å². The Balaban J connectivity index is 1.52. The minimum Gasteiger partial charge on any atom is -0.481 e. The first kappa shape index (κ1) is 23.0. The molecule has 10 nitrogen and oxygen atoms in total. The molecule has 0 aliphatic carbocycles. The molecule has 2 N–H and O–H groups in total. The van der Waals surface area contributed by atoms with Gasteiger partial charge in [-0.25, -0.2) is 22.5 Å². The number of carbonyl (C=O) groups is 2. The molecule has 0 radical (unpaired) electrons. The van der Waals surface area contributed by atoms with Crippen LogP contribution in [0.4, 0.5) is 4.39 Å². The first-order valence-electron chi connectivity index (χ1n) is 10.0. The number of hydrogen-bond donors (Lipinski definition) is 2. The van der Waals surface area contributed by atoms with Crippen molar-refractivity contribution < 1.29 is 27.5 Å². The molecule has 0 aliphatic heterocycles. The maximum Gasteiger partial charge on any atom is 0.304 e. The van der Waals surface area contributed by atoms with E-state index in [9.17, 15) is 22.4 Å². The number of halogens is 1. The van der Waals surface area contributed by atoms with E-state index in [0.29, 0.717) is 16.6 Å². The fourth-order valence-electron chi connectivity index (χ4n) is 3.23. The number of nitrogens with one attached hydrogen (secondary N) is 1. The van der Waals surface area contributed by atoms with Gasteiger partial charge in [0.15, 0.2) is 14.9 Å². The summed E-state index contributed by atoms with van der Waals surface area (Å²) in [5, 5.41) is 15.9. The summed E-state index contributed by atoms with van der Waals surface area (Å²) in [6, 6.07) is 10.00. The number of rotatable bonds is 8. The molecule has 1 aromatic carbocycles. The molecule has 0 saturated carbocycles. The predicted octanol–water partition coefficient (Wildman–Crippen LogP) is 2.13. The van der Waals surface area contributed by atoms with Gasteiger partial charge in [-0.2, -0.15) is 5.10 Å². The molecule has 4 rings (SSSR count). The molecule has 0 fully saturated rings. The number of benzene rings is 1. The number of aliphatic carboxylic acids is 1. The number of carbonyl (C=O) groups excluding carboxylic acids is 1. The Kier molecular flexibility index (Phi) is 6.32. The number of aromatic nitrogens is 4. The number of carboxylic acids is 1. The van der Waals surface area contributed by atoms with Crippen molar-refractivity contribution >= 4 is 32.6 Å². The van der Waals surface area contributed by atoms with Crippen LogP contribution in [-0.4, -0.2) is 50.9 Å². The van der Waals surface area contributed by atoms with E-state index in [-0.39, 0.29) is 28.6 Å². The molecule has 0 unspecified atom stereocenters. The minimum atomic E-state index is -3.87. The molecule has 1 amide bonds. The Labute approximate surface area is 193 Å². The Hall–Kier alpha value is -4.19. The number of nitrogens with zero attached hydrogens (tertiary/aromatic N) is 4. The summed E-state index contributed by atoms with van der Waals surface area (Å²) in [5.74, 6) is -2.65. The normalized spacial score (nSPS) is 11.4. The van der Waals surface area contributed by atoms with E-state index >= 15 is 0 Å². The van der Waals surface area contributed by atoms with Gasteiger partial charge in [0, 0.05) is 11.6 Å². The van der Waals surface area contributed by atoms with E-state index in [0.717, 1.165) is 0 Å². The standard InChI is InChI=1S/C22H18FN5O5S/c23-14-4-6-16(7-5-14)28-19-13-24-11-18(17(19)12-26-28)22(31)25-10-15-2-1-3-20(27-15)34(32,33)9-8-21(29)30/h1-7,11-13H,8-10H2,(H,25,31)(H,29,30). The van der Waals surface area contributed by atoms with E-state index in [1.165, 1.54) is 47.5 Å². The molecule has 3 heterocycles. The molecular weight excluding hydrogens is 465 g/mol. The van der Waals surface area contributed by atoms with Crippen LogP contribution < -0.4 is 5.32 Å². The topological polar surface area (TPSA) is 144 Å². The Morgan fingerprint density at radius 1 is 1.06 bits per heavy atom. The van der Waals surface area contributed by atoms with Crippen molar-refractivity contribution in [1.29, 1.82) is 0 Å². The van der Waals surface area contributed by atoms with Crippen molar-refractivity contribution in [3.8, 4) is 5.69 Å². The zero-order valence-electron chi connectivity index (χ0n) is 17.6. The van der Waals surface area contributed by atoms with Gasteiger partial charge >= 0.3 is 5.97 Å². The monoisotopic (exact) mass is 483 g/mol. The van der Waals surface area contributed by atoms with E-state index in [2.05, 4.69) is 20.4 Å². The second-order valence-electron chi connectivity index (χ2n) is 7.27. The van der Waals surface area contributed by atoms with Crippen LogP contribution in [0.3, 0.4) is 0 Å². The minimum absolute atomic E-state index is 0.0659. The third-order valence-electron chi connectivity index (χ3n) is 4.93. The highest BCUT2D eigenvalue weighted by molar-refractivity contribution is 7.91. The molecule has 0 aliphatic rings. The van der Waals surface area contributed by atoms with Crippen molar-refractivity contribution in [1.82, 2.24) is 25.1 Å². The highest BCUT2D eigenvalue weighted by Gasteiger charge is 2.19. The zero-order valence-corrected chi connectivity index (χ0v) is 18.4. The largest absolute Gasteiger partial charge is 0.481 e. The quantitative estimate of drug-likeness (QED) is 0.388. The van der Waals surface area contributed by atoms with Gasteiger partial charge < -0.3 is 10.4 Å². The summed E-state index contributed by atoms with van der Waals surface area (Å²) in [6.45, 7) is -0.0659. The Morgan fingerprint density at radius 3 is 2.56 bits per heavy atom. The molecule has 12 heteroatoms. The van der Waals surface area contributed by atoms with Gasteiger partial charge in [-0.3, -0.25) is 14.6 Å². The zero-order chi connectivity index (χ0) is 24.3. The Bertz CT molecular complexity index is 1490. The van der Waals surface area contributed by atoms with Crippen LogP contribution in [0.5, 0.6) is 0 Å². The molecule has 34 heavy (non-hydrogen) atoms. The van der Waals surface area contributed by atoms with Crippen molar-refractivity contribution in [3.05, 3.63) is 78.1 Å². The number of pyridine rings is 2. The number of hydrogen-bond acceptors (Lipinski definition) is 7.